The van der Waals surface area contributed by atoms with Crippen LogP contribution in [0.4, 0.5) is 0 Å². The molecule has 1 unspecified atom stereocenters. The van der Waals surface area contributed by atoms with Crippen molar-refractivity contribution in [1.82, 2.24) is 9.55 Å². The molecule has 0 aliphatic rings. The van der Waals surface area contributed by atoms with Crippen molar-refractivity contribution in [3.63, 3.8) is 0 Å². The van der Waals surface area contributed by atoms with Gasteiger partial charge >= 0.3 is 0 Å². The molecule has 2 nitrogen and oxygen atoms in total. The summed E-state index contributed by atoms with van der Waals surface area (Å²) < 4.78 is 2.16. The molecular weight excluding hydrogens is 316 g/mol. The van der Waals surface area contributed by atoms with E-state index in [1.165, 1.54) is 11.1 Å². The second kappa shape index (κ2) is 8.70. The van der Waals surface area contributed by atoms with Crippen LogP contribution in [0.15, 0.2) is 73.3 Å². The zero-order valence-corrected chi connectivity index (χ0v) is 14.6. The molecule has 0 amide bonds. The van der Waals surface area contributed by atoms with E-state index in [1.807, 2.05) is 30.9 Å². The van der Waals surface area contributed by atoms with E-state index in [4.69, 9.17) is 11.6 Å². The van der Waals surface area contributed by atoms with Crippen LogP contribution in [0.25, 0.3) is 0 Å². The summed E-state index contributed by atoms with van der Waals surface area (Å²) >= 11 is 6.31. The Morgan fingerprint density at radius 1 is 0.958 bits per heavy atom. The lowest BCUT2D eigenvalue weighted by atomic mass is 9.90. The molecule has 0 spiro atoms. The van der Waals surface area contributed by atoms with Gasteiger partial charge < -0.3 is 4.57 Å². The topological polar surface area (TPSA) is 17.8 Å². The van der Waals surface area contributed by atoms with Gasteiger partial charge in [-0.3, -0.25) is 0 Å². The largest absolute Gasteiger partial charge is 0.337 e. The number of aromatic nitrogens is 2. The number of imidazole rings is 1. The van der Waals surface area contributed by atoms with E-state index in [0.717, 1.165) is 37.3 Å². The van der Waals surface area contributed by atoms with Gasteiger partial charge in [0.25, 0.3) is 0 Å². The quantitative estimate of drug-likeness (QED) is 0.536. The molecule has 0 fully saturated rings. The summed E-state index contributed by atoms with van der Waals surface area (Å²) in [5.74, 6) is 0.631. The third kappa shape index (κ3) is 4.97. The summed E-state index contributed by atoms with van der Waals surface area (Å²) in [6.07, 6.45) is 10.2. The Labute approximate surface area is 149 Å². The van der Waals surface area contributed by atoms with Crippen molar-refractivity contribution in [2.45, 2.75) is 32.2 Å². The van der Waals surface area contributed by atoms with Crippen LogP contribution in [0.5, 0.6) is 0 Å². The van der Waals surface area contributed by atoms with Gasteiger partial charge in [0.2, 0.25) is 0 Å². The second-order valence-electron chi connectivity index (χ2n) is 6.28. The summed E-state index contributed by atoms with van der Waals surface area (Å²) in [7, 11) is 0. The lowest BCUT2D eigenvalue weighted by Gasteiger charge is -2.18. The summed E-state index contributed by atoms with van der Waals surface area (Å²) in [4.78, 5) is 4.13. The zero-order valence-electron chi connectivity index (χ0n) is 13.8. The fourth-order valence-electron chi connectivity index (χ4n) is 3.11. The predicted octanol–water partition coefficient (Wildman–Crippen LogP) is 5.42. The Morgan fingerprint density at radius 3 is 2.50 bits per heavy atom. The Morgan fingerprint density at radius 2 is 1.75 bits per heavy atom. The van der Waals surface area contributed by atoms with E-state index in [-0.39, 0.29) is 0 Å². The molecule has 3 aromatic rings. The van der Waals surface area contributed by atoms with Gasteiger partial charge in [-0.15, -0.1) is 0 Å². The number of hydrogen-bond donors (Lipinski definition) is 0. The number of aryl methyl sites for hydroxylation is 2. The highest BCUT2D eigenvalue weighted by atomic mass is 35.5. The van der Waals surface area contributed by atoms with Crippen LogP contribution >= 0.6 is 11.6 Å². The number of halogens is 1. The Hall–Kier alpha value is -2.06. The minimum absolute atomic E-state index is 0.631. The van der Waals surface area contributed by atoms with E-state index in [1.54, 1.807) is 0 Å². The van der Waals surface area contributed by atoms with Crippen LogP contribution < -0.4 is 0 Å². The highest BCUT2D eigenvalue weighted by molar-refractivity contribution is 6.31. The maximum Gasteiger partial charge on any atom is 0.0945 e. The van der Waals surface area contributed by atoms with Gasteiger partial charge in [0.05, 0.1) is 6.33 Å². The van der Waals surface area contributed by atoms with Crippen LogP contribution in [0.3, 0.4) is 0 Å². The van der Waals surface area contributed by atoms with Crippen molar-refractivity contribution in [2.75, 3.05) is 0 Å². The Kier molecular flexibility index (Phi) is 6.08. The van der Waals surface area contributed by atoms with Crippen molar-refractivity contribution < 1.29 is 0 Å². The Bertz CT molecular complexity index is 723. The zero-order chi connectivity index (χ0) is 16.6. The van der Waals surface area contributed by atoms with Gasteiger partial charge in [-0.25, -0.2) is 4.98 Å². The summed E-state index contributed by atoms with van der Waals surface area (Å²) in [5, 5.41) is 0.880. The summed E-state index contributed by atoms with van der Waals surface area (Å²) in [6, 6.07) is 18.9. The standard InChI is InChI=1S/C21H23ClN2/c22-21-9-5-4-8-20(21)11-10-19(12-14-24-15-13-23-17-24)16-18-6-2-1-3-7-18/h1-9,13,15,17,19H,10-12,14,16H2. The molecule has 1 atom stereocenters. The number of nitrogens with zero attached hydrogens (tertiary/aromatic N) is 2. The highest BCUT2D eigenvalue weighted by Gasteiger charge is 2.11. The smallest absolute Gasteiger partial charge is 0.0945 e. The first kappa shape index (κ1) is 16.8. The normalized spacial score (nSPS) is 12.2. The van der Waals surface area contributed by atoms with Crippen molar-refractivity contribution in [2.24, 2.45) is 5.92 Å². The molecule has 1 aromatic heterocycles. The van der Waals surface area contributed by atoms with E-state index >= 15 is 0 Å². The Balaban J connectivity index is 1.63. The van der Waals surface area contributed by atoms with Gasteiger partial charge in [-0.1, -0.05) is 60.1 Å². The fourth-order valence-corrected chi connectivity index (χ4v) is 3.34. The molecule has 3 heteroatoms. The van der Waals surface area contributed by atoms with Crippen molar-refractivity contribution in [3.8, 4) is 0 Å². The van der Waals surface area contributed by atoms with E-state index in [2.05, 4.69) is 52.0 Å². The van der Waals surface area contributed by atoms with Gasteiger partial charge in [-0.05, 0) is 48.8 Å². The first-order valence-corrected chi connectivity index (χ1v) is 8.92. The average molecular weight is 339 g/mol. The maximum absolute atomic E-state index is 6.31. The van der Waals surface area contributed by atoms with Crippen LogP contribution in [0.2, 0.25) is 5.02 Å². The summed E-state index contributed by atoms with van der Waals surface area (Å²) in [6.45, 7) is 1.01. The third-order valence-electron chi connectivity index (χ3n) is 4.50. The second-order valence-corrected chi connectivity index (χ2v) is 6.68. The van der Waals surface area contributed by atoms with Gasteiger partial charge in [0, 0.05) is 24.0 Å². The van der Waals surface area contributed by atoms with E-state index in [9.17, 15) is 0 Å². The minimum atomic E-state index is 0.631. The SMILES string of the molecule is Clc1ccccc1CCC(CCn1ccnc1)Cc1ccccc1. The lowest BCUT2D eigenvalue weighted by molar-refractivity contribution is 0.416. The molecule has 124 valence electrons. The molecule has 2 aromatic carbocycles. The van der Waals surface area contributed by atoms with Crippen molar-refractivity contribution in [3.05, 3.63) is 89.5 Å². The molecule has 0 aliphatic carbocycles. The van der Waals surface area contributed by atoms with Crippen molar-refractivity contribution >= 4 is 11.6 Å². The van der Waals surface area contributed by atoms with Crippen LogP contribution in [0, 0.1) is 5.92 Å². The predicted molar refractivity (Wildman–Crippen MR) is 100 cm³/mol. The number of hydrogen-bond acceptors (Lipinski definition) is 1. The molecule has 24 heavy (non-hydrogen) atoms. The minimum Gasteiger partial charge on any atom is -0.337 e. The number of rotatable bonds is 8. The van der Waals surface area contributed by atoms with Gasteiger partial charge in [0.15, 0.2) is 0 Å². The molecule has 0 saturated carbocycles. The first-order valence-electron chi connectivity index (χ1n) is 8.54. The highest BCUT2D eigenvalue weighted by Crippen LogP contribution is 2.23. The molecule has 0 aliphatic heterocycles. The monoisotopic (exact) mass is 338 g/mol. The fraction of sp³-hybridized carbons (Fsp3) is 0.286. The van der Waals surface area contributed by atoms with Gasteiger partial charge in [0.1, 0.15) is 0 Å². The first-order chi connectivity index (χ1) is 11.8. The molecule has 0 radical (unpaired) electrons. The molecule has 0 bridgehead atoms. The van der Waals surface area contributed by atoms with Crippen molar-refractivity contribution in [1.29, 1.82) is 0 Å². The molecule has 1 heterocycles. The average Bonchev–Trinajstić information content (AvgIpc) is 3.13. The van der Waals surface area contributed by atoms with E-state index < -0.39 is 0 Å². The van der Waals surface area contributed by atoms with Crippen LogP contribution in [-0.2, 0) is 19.4 Å². The molecule has 3 rings (SSSR count). The summed E-state index contributed by atoms with van der Waals surface area (Å²) in [5.41, 5.74) is 2.66. The molecule has 0 N–H and O–H groups in total. The van der Waals surface area contributed by atoms with Crippen LogP contribution in [0.1, 0.15) is 24.0 Å². The van der Waals surface area contributed by atoms with E-state index in [0.29, 0.717) is 5.92 Å². The maximum atomic E-state index is 6.31. The third-order valence-corrected chi connectivity index (χ3v) is 4.87. The van der Waals surface area contributed by atoms with Crippen LogP contribution in [-0.4, -0.2) is 9.55 Å². The number of benzene rings is 2. The molecular formula is C21H23ClN2. The lowest BCUT2D eigenvalue weighted by Crippen LogP contribution is -2.10. The van der Waals surface area contributed by atoms with Gasteiger partial charge in [-0.2, -0.15) is 0 Å². The molecule has 0 saturated heterocycles.